The van der Waals surface area contributed by atoms with Crippen molar-refractivity contribution in [2.45, 2.75) is 5.41 Å². The van der Waals surface area contributed by atoms with Gasteiger partial charge in [-0.2, -0.15) is 0 Å². The molecule has 1 heteroatoms. The van der Waals surface area contributed by atoms with E-state index in [4.69, 9.17) is 0 Å². The smallest absolute Gasteiger partial charge is 0.0720 e. The van der Waals surface area contributed by atoms with Crippen LogP contribution in [0, 0.1) is 0 Å². The van der Waals surface area contributed by atoms with Crippen LogP contribution in [0.5, 0.6) is 0 Å². The molecule has 1 nitrogen and oxygen atoms in total. The molecule has 1 aliphatic rings. The van der Waals surface area contributed by atoms with Crippen LogP contribution in [0.1, 0.15) is 22.3 Å². The summed E-state index contributed by atoms with van der Waals surface area (Å²) in [5.74, 6) is 0. The molecule has 1 aliphatic carbocycles. The van der Waals surface area contributed by atoms with Crippen LogP contribution in [0.2, 0.25) is 0 Å². The molecule has 0 unspecified atom stereocenters. The summed E-state index contributed by atoms with van der Waals surface area (Å²) in [6.07, 6.45) is 0. The van der Waals surface area contributed by atoms with Gasteiger partial charge < -0.3 is 4.57 Å². The third kappa shape index (κ3) is 5.97. The van der Waals surface area contributed by atoms with Crippen LogP contribution in [0.15, 0.2) is 285 Å². The van der Waals surface area contributed by atoms with Crippen LogP contribution in [0.3, 0.4) is 0 Å². The van der Waals surface area contributed by atoms with Gasteiger partial charge in [0.2, 0.25) is 0 Å². The molecule has 352 valence electrons. The van der Waals surface area contributed by atoms with E-state index in [0.29, 0.717) is 0 Å². The second kappa shape index (κ2) is 16.6. The van der Waals surface area contributed by atoms with E-state index < -0.39 is 5.41 Å². The Bertz CT molecular complexity index is 4740. The van der Waals surface area contributed by atoms with Gasteiger partial charge in [0, 0.05) is 16.5 Å². The zero-order valence-electron chi connectivity index (χ0n) is 41.6. The zero-order valence-corrected chi connectivity index (χ0v) is 41.6. The highest BCUT2D eigenvalue weighted by Crippen LogP contribution is 2.62. The lowest BCUT2D eigenvalue weighted by molar-refractivity contribution is 0.777. The number of benzene rings is 14. The van der Waals surface area contributed by atoms with E-state index in [9.17, 15) is 0 Å². The standard InChI is InChI=1S/C75H47N/c1-4-22-51(23-5-1)75(52-24-6-2-7-25-52)67-47-65(56-30-11-13-32-58(56)72(67)73-59-33-14-10-28-54(59)55-29-12-19-38-64(55)74(73)75)48-40-42-49(43-41-48)70-60-34-15-17-36-62(60)71(63-37-18-16-35-61(63)70)50-44-45-69-66(46-50)57-31-20-21-39-68(57)76(69)53-26-8-3-9-27-53/h1-47H. The second-order valence-corrected chi connectivity index (χ2v) is 20.6. The molecular formula is C75H47N. The Kier molecular flexibility index (Phi) is 9.32. The first kappa shape index (κ1) is 42.7. The summed E-state index contributed by atoms with van der Waals surface area (Å²) in [6, 6.07) is 107. The van der Waals surface area contributed by atoms with Crippen LogP contribution in [0.25, 0.3) is 126 Å². The number of hydrogen-bond donors (Lipinski definition) is 0. The normalized spacial score (nSPS) is 12.8. The van der Waals surface area contributed by atoms with Gasteiger partial charge in [-0.1, -0.05) is 249 Å². The Balaban J connectivity index is 0.916. The number of nitrogens with zero attached hydrogens (tertiary/aromatic N) is 1. The number of aromatic nitrogens is 1. The number of para-hydroxylation sites is 2. The molecule has 0 saturated carbocycles. The molecule has 0 N–H and O–H groups in total. The zero-order chi connectivity index (χ0) is 49.9. The van der Waals surface area contributed by atoms with Crippen LogP contribution >= 0.6 is 0 Å². The van der Waals surface area contributed by atoms with Gasteiger partial charge in [-0.25, -0.2) is 0 Å². The molecule has 76 heavy (non-hydrogen) atoms. The summed E-state index contributed by atoms with van der Waals surface area (Å²) in [7, 11) is 0. The number of fused-ring (bicyclic) bond motifs is 15. The van der Waals surface area contributed by atoms with E-state index >= 15 is 0 Å². The summed E-state index contributed by atoms with van der Waals surface area (Å²) >= 11 is 0. The molecule has 0 spiro atoms. The fourth-order valence-electron chi connectivity index (χ4n) is 13.8. The average molecular weight is 962 g/mol. The van der Waals surface area contributed by atoms with Crippen molar-refractivity contribution >= 4 is 75.7 Å². The Hall–Kier alpha value is -9.82. The maximum Gasteiger partial charge on any atom is 0.0720 e. The van der Waals surface area contributed by atoms with Crippen molar-refractivity contribution in [3.63, 3.8) is 0 Å². The molecular weight excluding hydrogens is 915 g/mol. The predicted octanol–water partition coefficient (Wildman–Crippen LogP) is 19.9. The van der Waals surface area contributed by atoms with E-state index in [0.717, 1.165) is 5.69 Å². The summed E-state index contributed by atoms with van der Waals surface area (Å²) in [5.41, 5.74) is 18.2. The summed E-state index contributed by atoms with van der Waals surface area (Å²) in [6.45, 7) is 0. The third-order valence-corrected chi connectivity index (χ3v) is 16.8. The lowest BCUT2D eigenvalue weighted by atomic mass is 9.66. The fourth-order valence-corrected chi connectivity index (χ4v) is 13.8. The third-order valence-electron chi connectivity index (χ3n) is 16.8. The highest BCUT2D eigenvalue weighted by atomic mass is 15.0. The van der Waals surface area contributed by atoms with Crippen molar-refractivity contribution in [1.29, 1.82) is 0 Å². The Labute approximate surface area is 440 Å². The van der Waals surface area contributed by atoms with Gasteiger partial charge in [-0.05, 0) is 157 Å². The maximum absolute atomic E-state index is 2.56. The predicted molar refractivity (Wildman–Crippen MR) is 322 cm³/mol. The van der Waals surface area contributed by atoms with Crippen molar-refractivity contribution < 1.29 is 0 Å². The molecule has 0 radical (unpaired) electrons. The van der Waals surface area contributed by atoms with Crippen molar-refractivity contribution in [3.8, 4) is 50.2 Å². The van der Waals surface area contributed by atoms with Crippen LogP contribution < -0.4 is 0 Å². The van der Waals surface area contributed by atoms with Crippen molar-refractivity contribution in [3.05, 3.63) is 307 Å². The highest BCUT2D eigenvalue weighted by Gasteiger charge is 2.49. The minimum Gasteiger partial charge on any atom is -0.309 e. The van der Waals surface area contributed by atoms with Gasteiger partial charge in [0.1, 0.15) is 0 Å². The minimum atomic E-state index is -0.612. The van der Waals surface area contributed by atoms with Crippen LogP contribution in [-0.2, 0) is 5.41 Å². The molecule has 1 heterocycles. The summed E-state index contributed by atoms with van der Waals surface area (Å²) in [5, 5.41) is 15.1. The van der Waals surface area contributed by atoms with Gasteiger partial charge in [0.15, 0.2) is 0 Å². The molecule has 16 rings (SSSR count). The summed E-state index contributed by atoms with van der Waals surface area (Å²) < 4.78 is 2.40. The first-order valence-corrected chi connectivity index (χ1v) is 26.5. The first-order chi connectivity index (χ1) is 37.8. The number of rotatable bonds is 6. The van der Waals surface area contributed by atoms with Crippen molar-refractivity contribution in [2.75, 3.05) is 0 Å². The van der Waals surface area contributed by atoms with Gasteiger partial charge in [-0.3, -0.25) is 0 Å². The first-order valence-electron chi connectivity index (χ1n) is 26.5. The van der Waals surface area contributed by atoms with Crippen LogP contribution in [0.4, 0.5) is 0 Å². The molecule has 0 fully saturated rings. The molecule has 0 amide bonds. The van der Waals surface area contributed by atoms with E-state index in [2.05, 4.69) is 290 Å². The van der Waals surface area contributed by atoms with Crippen LogP contribution in [-0.4, -0.2) is 4.57 Å². The quantitative estimate of drug-likeness (QED) is 0.116. The summed E-state index contributed by atoms with van der Waals surface area (Å²) in [4.78, 5) is 0. The van der Waals surface area contributed by atoms with E-state index in [-0.39, 0.29) is 0 Å². The Morgan fingerprint density at radius 2 is 0.632 bits per heavy atom. The largest absolute Gasteiger partial charge is 0.309 e. The lowest BCUT2D eigenvalue weighted by Gasteiger charge is -2.35. The molecule has 14 aromatic carbocycles. The highest BCUT2D eigenvalue weighted by molar-refractivity contribution is 6.25. The Morgan fingerprint density at radius 3 is 1.21 bits per heavy atom. The van der Waals surface area contributed by atoms with E-state index in [1.807, 2.05) is 0 Å². The SMILES string of the molecule is c1ccc(-n2c3ccccc3c3cc(-c4c5ccccc5c(-c5ccc(-c6cc7c(c8ccccc68)-c6c(c8ccccc8c8ccccc68)C7(c6ccccc6)c6ccccc6)cc5)c5ccccc45)ccc32)cc1. The molecule has 15 aromatic rings. The minimum absolute atomic E-state index is 0.612. The monoisotopic (exact) mass is 961 g/mol. The molecule has 0 atom stereocenters. The van der Waals surface area contributed by atoms with Gasteiger partial charge in [0.05, 0.1) is 16.4 Å². The van der Waals surface area contributed by atoms with Crippen molar-refractivity contribution in [1.82, 2.24) is 4.57 Å². The fraction of sp³-hybridized carbons (Fsp3) is 0.0133. The van der Waals surface area contributed by atoms with E-state index in [1.165, 1.54) is 142 Å². The second-order valence-electron chi connectivity index (χ2n) is 20.6. The molecule has 0 aliphatic heterocycles. The van der Waals surface area contributed by atoms with E-state index in [1.54, 1.807) is 0 Å². The Morgan fingerprint density at radius 1 is 0.237 bits per heavy atom. The van der Waals surface area contributed by atoms with Gasteiger partial charge in [-0.15, -0.1) is 0 Å². The lowest BCUT2D eigenvalue weighted by Crippen LogP contribution is -2.29. The average Bonchev–Trinajstić information content (AvgIpc) is 4.23. The molecule has 0 bridgehead atoms. The topological polar surface area (TPSA) is 4.93 Å². The van der Waals surface area contributed by atoms with Gasteiger partial charge in [0.25, 0.3) is 0 Å². The van der Waals surface area contributed by atoms with Gasteiger partial charge >= 0.3 is 0 Å². The maximum atomic E-state index is 2.56. The number of hydrogen-bond acceptors (Lipinski definition) is 0. The molecule has 1 aromatic heterocycles. The van der Waals surface area contributed by atoms with Crippen molar-refractivity contribution in [2.24, 2.45) is 0 Å². The molecule has 0 saturated heterocycles.